The molecule has 5 rings (SSSR count). The summed E-state index contributed by atoms with van der Waals surface area (Å²) in [6.07, 6.45) is 1.76. The molecule has 33 heavy (non-hydrogen) atoms. The van der Waals surface area contributed by atoms with Crippen LogP contribution >= 0.6 is 12.2 Å². The van der Waals surface area contributed by atoms with E-state index in [0.29, 0.717) is 28.7 Å². The number of carbonyl (C=O) groups is 1. The van der Waals surface area contributed by atoms with E-state index < -0.39 is 5.97 Å². The van der Waals surface area contributed by atoms with E-state index in [-0.39, 0.29) is 17.6 Å². The van der Waals surface area contributed by atoms with E-state index in [0.717, 1.165) is 11.3 Å². The molecule has 3 heterocycles. The molecule has 1 fully saturated rings. The number of hydrogen-bond donors (Lipinski definition) is 2. The van der Waals surface area contributed by atoms with E-state index in [1.165, 1.54) is 0 Å². The molecule has 2 unspecified atom stereocenters. The highest BCUT2D eigenvalue weighted by Gasteiger charge is 2.41. The number of rotatable bonds is 6. The molecule has 7 heteroatoms. The molecule has 2 atom stereocenters. The van der Waals surface area contributed by atoms with Crippen molar-refractivity contribution in [1.82, 2.24) is 15.2 Å². The van der Waals surface area contributed by atoms with Crippen molar-refractivity contribution in [2.45, 2.75) is 18.6 Å². The summed E-state index contributed by atoms with van der Waals surface area (Å²) in [4.78, 5) is 18.3. The number of aromatic carboxylic acids is 1. The van der Waals surface area contributed by atoms with Crippen LogP contribution in [0.2, 0.25) is 0 Å². The molecule has 0 radical (unpaired) electrons. The number of hydrogen-bond acceptors (Lipinski definition) is 4. The van der Waals surface area contributed by atoms with Crippen LogP contribution < -0.4 is 5.32 Å². The Kier molecular flexibility index (Phi) is 5.62. The summed E-state index contributed by atoms with van der Waals surface area (Å²) in [6.45, 7) is 0.600. The van der Waals surface area contributed by atoms with Crippen molar-refractivity contribution in [3.63, 3.8) is 0 Å². The van der Waals surface area contributed by atoms with Gasteiger partial charge in [-0.3, -0.25) is 4.98 Å². The van der Waals surface area contributed by atoms with Gasteiger partial charge in [0.15, 0.2) is 5.11 Å². The van der Waals surface area contributed by atoms with Crippen LogP contribution in [0.25, 0.3) is 11.3 Å². The Morgan fingerprint density at radius 1 is 1.00 bits per heavy atom. The Morgan fingerprint density at radius 3 is 2.52 bits per heavy atom. The summed E-state index contributed by atoms with van der Waals surface area (Å²) >= 11 is 5.72. The Morgan fingerprint density at radius 2 is 1.76 bits per heavy atom. The average Bonchev–Trinajstić information content (AvgIpc) is 3.45. The third kappa shape index (κ3) is 4.10. The maximum absolute atomic E-state index is 11.7. The van der Waals surface area contributed by atoms with Crippen LogP contribution in [-0.2, 0) is 6.54 Å². The first kappa shape index (κ1) is 20.9. The van der Waals surface area contributed by atoms with Crippen molar-refractivity contribution < 1.29 is 14.3 Å². The third-order valence-corrected chi connectivity index (χ3v) is 6.09. The minimum atomic E-state index is -0.996. The van der Waals surface area contributed by atoms with Crippen LogP contribution in [0.15, 0.2) is 95.5 Å². The van der Waals surface area contributed by atoms with Crippen molar-refractivity contribution in [2.24, 2.45) is 0 Å². The molecular weight excluding hydrogens is 434 g/mol. The molecule has 2 N–H and O–H groups in total. The second kappa shape index (κ2) is 8.88. The number of furan rings is 1. The molecule has 164 valence electrons. The van der Waals surface area contributed by atoms with Gasteiger partial charge in [0.25, 0.3) is 0 Å². The van der Waals surface area contributed by atoms with Crippen LogP contribution in [0.5, 0.6) is 0 Å². The number of nitrogens with one attached hydrogen (secondary N) is 1. The molecule has 1 saturated heterocycles. The summed E-state index contributed by atoms with van der Waals surface area (Å²) in [6, 6.07) is 26.0. The van der Waals surface area contributed by atoms with Gasteiger partial charge in [0.05, 0.1) is 17.3 Å². The first-order chi connectivity index (χ1) is 16.1. The number of pyridine rings is 1. The van der Waals surface area contributed by atoms with Crippen molar-refractivity contribution in [1.29, 1.82) is 0 Å². The molecule has 0 saturated carbocycles. The lowest BCUT2D eigenvalue weighted by Crippen LogP contribution is -2.29. The first-order valence-corrected chi connectivity index (χ1v) is 11.0. The first-order valence-electron chi connectivity index (χ1n) is 10.6. The van der Waals surface area contributed by atoms with E-state index >= 15 is 0 Å². The molecule has 4 aromatic rings. The van der Waals surface area contributed by atoms with E-state index in [1.807, 2.05) is 48.5 Å². The second-order valence-electron chi connectivity index (χ2n) is 7.79. The number of thiocarbonyl (C=S) groups is 1. The fourth-order valence-corrected chi connectivity index (χ4v) is 4.51. The Balaban J connectivity index is 1.56. The Bertz CT molecular complexity index is 1290. The maximum atomic E-state index is 11.7. The molecule has 0 bridgehead atoms. The molecule has 0 spiro atoms. The van der Waals surface area contributed by atoms with Gasteiger partial charge in [0.2, 0.25) is 0 Å². The van der Waals surface area contributed by atoms with Gasteiger partial charge in [0, 0.05) is 18.3 Å². The SMILES string of the molecule is O=C(O)c1ccccc1-c1ccc(C2C(c3ccccn3)NC(=S)N2Cc2ccccc2)o1. The summed E-state index contributed by atoms with van der Waals surface area (Å²) in [5, 5.41) is 13.6. The van der Waals surface area contributed by atoms with Gasteiger partial charge in [-0.15, -0.1) is 0 Å². The average molecular weight is 456 g/mol. The Hall–Kier alpha value is -3.97. The molecule has 6 nitrogen and oxygen atoms in total. The molecule has 2 aromatic carbocycles. The number of aromatic nitrogens is 1. The number of benzene rings is 2. The number of carboxylic acid groups (broad SMARTS) is 1. The quantitative estimate of drug-likeness (QED) is 0.386. The number of nitrogens with zero attached hydrogens (tertiary/aromatic N) is 2. The van der Waals surface area contributed by atoms with E-state index in [4.69, 9.17) is 16.6 Å². The van der Waals surface area contributed by atoms with Crippen LogP contribution in [0.4, 0.5) is 0 Å². The molecular formula is C26H21N3O3S. The predicted octanol–water partition coefficient (Wildman–Crippen LogP) is 5.21. The minimum Gasteiger partial charge on any atom is -0.478 e. The summed E-state index contributed by atoms with van der Waals surface area (Å²) in [5.41, 5.74) is 2.70. The predicted molar refractivity (Wildman–Crippen MR) is 129 cm³/mol. The second-order valence-corrected chi connectivity index (χ2v) is 8.18. The third-order valence-electron chi connectivity index (χ3n) is 5.73. The highest BCUT2D eigenvalue weighted by molar-refractivity contribution is 7.80. The van der Waals surface area contributed by atoms with Gasteiger partial charge in [-0.05, 0) is 48.1 Å². The van der Waals surface area contributed by atoms with Gasteiger partial charge in [-0.1, -0.05) is 54.6 Å². The maximum Gasteiger partial charge on any atom is 0.336 e. The monoisotopic (exact) mass is 455 g/mol. The van der Waals surface area contributed by atoms with Gasteiger partial charge < -0.3 is 19.7 Å². The van der Waals surface area contributed by atoms with Gasteiger partial charge in [0.1, 0.15) is 17.6 Å². The zero-order chi connectivity index (χ0) is 22.8. The summed E-state index contributed by atoms with van der Waals surface area (Å²) in [7, 11) is 0. The van der Waals surface area contributed by atoms with Crippen LogP contribution in [0.3, 0.4) is 0 Å². The molecule has 0 aliphatic carbocycles. The lowest BCUT2D eigenvalue weighted by molar-refractivity contribution is 0.0697. The Labute approximate surface area is 196 Å². The highest BCUT2D eigenvalue weighted by Crippen LogP contribution is 2.41. The minimum absolute atomic E-state index is 0.195. The van der Waals surface area contributed by atoms with Crippen LogP contribution in [-0.4, -0.2) is 26.1 Å². The zero-order valence-electron chi connectivity index (χ0n) is 17.6. The smallest absolute Gasteiger partial charge is 0.336 e. The fraction of sp³-hybridized carbons (Fsp3) is 0.115. The highest BCUT2D eigenvalue weighted by atomic mass is 32.1. The van der Waals surface area contributed by atoms with Gasteiger partial charge in [-0.25, -0.2) is 4.79 Å². The van der Waals surface area contributed by atoms with Crippen molar-refractivity contribution in [2.75, 3.05) is 0 Å². The lowest BCUT2D eigenvalue weighted by Gasteiger charge is -2.26. The zero-order valence-corrected chi connectivity index (χ0v) is 18.4. The molecule has 1 aliphatic rings. The molecule has 1 aliphatic heterocycles. The van der Waals surface area contributed by atoms with E-state index in [9.17, 15) is 9.90 Å². The topological polar surface area (TPSA) is 78.6 Å². The fourth-order valence-electron chi connectivity index (χ4n) is 4.21. The molecule has 0 amide bonds. The van der Waals surface area contributed by atoms with E-state index in [1.54, 1.807) is 30.5 Å². The summed E-state index contributed by atoms with van der Waals surface area (Å²) in [5.74, 6) is 0.189. The lowest BCUT2D eigenvalue weighted by atomic mass is 10.0. The van der Waals surface area contributed by atoms with Crippen molar-refractivity contribution >= 4 is 23.3 Å². The summed E-state index contributed by atoms with van der Waals surface area (Å²) < 4.78 is 6.28. The normalized spacial score (nSPS) is 17.7. The van der Waals surface area contributed by atoms with Gasteiger partial charge in [-0.2, -0.15) is 0 Å². The van der Waals surface area contributed by atoms with Crippen molar-refractivity contribution in [3.05, 3.63) is 114 Å². The van der Waals surface area contributed by atoms with Crippen molar-refractivity contribution in [3.8, 4) is 11.3 Å². The van der Waals surface area contributed by atoms with Crippen LogP contribution in [0.1, 0.15) is 39.5 Å². The number of carboxylic acids is 1. The van der Waals surface area contributed by atoms with Gasteiger partial charge >= 0.3 is 5.97 Å². The standard InChI is InChI=1S/C26H21N3O3S/c30-25(31)19-11-5-4-10-18(19)21-13-14-22(32-21)24-23(20-12-6-7-15-27-20)28-26(33)29(24)16-17-8-2-1-3-9-17/h1-15,23-24H,16H2,(H,28,33)(H,30,31). The van der Waals surface area contributed by atoms with Crippen LogP contribution in [0, 0.1) is 0 Å². The van der Waals surface area contributed by atoms with E-state index in [2.05, 4.69) is 27.3 Å². The molecule has 2 aromatic heterocycles. The largest absolute Gasteiger partial charge is 0.478 e.